The summed E-state index contributed by atoms with van der Waals surface area (Å²) in [6, 6.07) is 20.4. The minimum Gasteiger partial charge on any atom is -0.381 e. The number of rotatable bonds is 7. The van der Waals surface area contributed by atoms with E-state index in [0.717, 1.165) is 52.7 Å². The Labute approximate surface area is 191 Å². The molecule has 5 nitrogen and oxygen atoms in total. The third kappa shape index (κ3) is 4.91. The molecule has 0 bridgehead atoms. The molecule has 1 N–H and O–H groups in total. The van der Waals surface area contributed by atoms with Gasteiger partial charge in [0.1, 0.15) is 0 Å². The summed E-state index contributed by atoms with van der Waals surface area (Å²) in [6.45, 7) is 1.94. The maximum atomic E-state index is 13.6. The monoisotopic (exact) mass is 481 g/mol. The average Bonchev–Trinajstić information content (AvgIpc) is 3.29. The van der Waals surface area contributed by atoms with Crippen LogP contribution in [-0.4, -0.2) is 47.8 Å². The van der Waals surface area contributed by atoms with Crippen molar-refractivity contribution in [3.05, 3.63) is 76.4 Å². The number of ether oxygens (including phenoxy) is 1. The van der Waals surface area contributed by atoms with Crippen LogP contribution in [0.4, 0.5) is 0 Å². The Morgan fingerprint density at radius 3 is 2.55 bits per heavy atom. The summed E-state index contributed by atoms with van der Waals surface area (Å²) in [5.74, 6) is 0.188. The predicted molar refractivity (Wildman–Crippen MR) is 126 cm³/mol. The van der Waals surface area contributed by atoms with E-state index < -0.39 is 5.41 Å². The second-order valence-electron chi connectivity index (χ2n) is 8.18. The molecular weight excluding hydrogens is 454 g/mol. The van der Waals surface area contributed by atoms with E-state index >= 15 is 0 Å². The van der Waals surface area contributed by atoms with Crippen LogP contribution in [0, 0.1) is 0 Å². The van der Waals surface area contributed by atoms with Gasteiger partial charge in [-0.3, -0.25) is 9.89 Å². The second-order valence-corrected chi connectivity index (χ2v) is 9.09. The Hall–Kier alpha value is -2.44. The van der Waals surface area contributed by atoms with E-state index in [1.165, 1.54) is 0 Å². The average molecular weight is 482 g/mol. The molecule has 2 aromatic carbocycles. The van der Waals surface area contributed by atoms with Crippen LogP contribution in [0.15, 0.2) is 65.1 Å². The molecule has 0 radical (unpaired) electrons. The smallest absolute Gasteiger partial charge is 0.233 e. The lowest BCUT2D eigenvalue weighted by atomic mass is 9.73. The van der Waals surface area contributed by atoms with E-state index in [9.17, 15) is 4.79 Å². The Morgan fingerprint density at radius 1 is 1.13 bits per heavy atom. The Morgan fingerprint density at radius 2 is 1.84 bits per heavy atom. The van der Waals surface area contributed by atoms with Gasteiger partial charge < -0.3 is 9.64 Å². The number of nitrogens with zero attached hydrogens (tertiary/aromatic N) is 2. The van der Waals surface area contributed by atoms with Crippen LogP contribution in [0.1, 0.15) is 30.5 Å². The molecule has 0 spiro atoms. The highest BCUT2D eigenvalue weighted by Gasteiger charge is 2.43. The lowest BCUT2D eigenvalue weighted by Gasteiger charge is -2.39. The van der Waals surface area contributed by atoms with Crippen molar-refractivity contribution >= 4 is 21.8 Å². The van der Waals surface area contributed by atoms with Crippen LogP contribution in [0.25, 0.3) is 11.3 Å². The number of hydrogen-bond donors (Lipinski definition) is 1. The SMILES string of the molecule is CN(CCCc1cc(-c2ccccc2)n[nH]1)C(=O)C1(c2ccc(Br)cc2)CCOCC1. The van der Waals surface area contributed by atoms with E-state index in [1.54, 1.807) is 0 Å². The van der Waals surface area contributed by atoms with Crippen LogP contribution in [0.3, 0.4) is 0 Å². The number of amides is 1. The summed E-state index contributed by atoms with van der Waals surface area (Å²) < 4.78 is 6.61. The normalized spacial score (nSPS) is 15.5. The summed E-state index contributed by atoms with van der Waals surface area (Å²) in [6.07, 6.45) is 3.18. The minimum atomic E-state index is -0.498. The molecule has 2 heterocycles. The van der Waals surface area contributed by atoms with Gasteiger partial charge in [0.05, 0.1) is 11.1 Å². The molecule has 0 atom stereocenters. The number of aromatic amines is 1. The van der Waals surface area contributed by atoms with Crippen LogP contribution >= 0.6 is 15.9 Å². The molecule has 6 heteroatoms. The molecular formula is C25H28BrN3O2. The fourth-order valence-corrected chi connectivity index (χ4v) is 4.60. The summed E-state index contributed by atoms with van der Waals surface area (Å²) in [5, 5.41) is 7.56. The first-order valence-electron chi connectivity index (χ1n) is 10.8. The van der Waals surface area contributed by atoms with Gasteiger partial charge in [-0.05, 0) is 49.4 Å². The van der Waals surface area contributed by atoms with Gasteiger partial charge in [-0.15, -0.1) is 0 Å². The molecule has 4 rings (SSSR count). The molecule has 1 aliphatic rings. The number of aromatic nitrogens is 2. The number of halogens is 1. The summed E-state index contributed by atoms with van der Waals surface area (Å²) in [4.78, 5) is 15.5. The molecule has 162 valence electrons. The van der Waals surface area contributed by atoms with Crippen molar-refractivity contribution in [3.8, 4) is 11.3 Å². The zero-order valence-electron chi connectivity index (χ0n) is 17.8. The standard InChI is InChI=1S/C25H28BrN3O2/c1-29(15-5-8-22-18-23(28-27-22)19-6-3-2-4-7-19)24(30)25(13-16-31-17-14-25)20-9-11-21(26)12-10-20/h2-4,6-7,9-12,18H,5,8,13-17H2,1H3,(H,27,28). The third-order valence-corrected chi connectivity index (χ3v) is 6.67. The maximum Gasteiger partial charge on any atom is 0.233 e. The molecule has 3 aromatic rings. The molecule has 1 saturated heterocycles. The van der Waals surface area contributed by atoms with E-state index in [0.29, 0.717) is 19.8 Å². The molecule has 0 aliphatic carbocycles. The number of hydrogen-bond acceptors (Lipinski definition) is 3. The Bertz CT molecular complexity index is 995. The van der Waals surface area contributed by atoms with Crippen LogP contribution in [-0.2, 0) is 21.4 Å². The van der Waals surface area contributed by atoms with Crippen LogP contribution < -0.4 is 0 Å². The fraction of sp³-hybridized carbons (Fsp3) is 0.360. The van der Waals surface area contributed by atoms with Crippen molar-refractivity contribution in [3.63, 3.8) is 0 Å². The van der Waals surface area contributed by atoms with Crippen molar-refractivity contribution < 1.29 is 9.53 Å². The van der Waals surface area contributed by atoms with Gasteiger partial charge in [0.25, 0.3) is 0 Å². The van der Waals surface area contributed by atoms with Crippen molar-refractivity contribution in [2.75, 3.05) is 26.8 Å². The number of carbonyl (C=O) groups excluding carboxylic acids is 1. The zero-order valence-corrected chi connectivity index (χ0v) is 19.4. The maximum absolute atomic E-state index is 13.6. The van der Waals surface area contributed by atoms with Crippen molar-refractivity contribution in [2.24, 2.45) is 0 Å². The van der Waals surface area contributed by atoms with Crippen molar-refractivity contribution in [1.29, 1.82) is 0 Å². The molecule has 1 aromatic heterocycles. The molecule has 0 saturated carbocycles. The molecule has 1 fully saturated rings. The van der Waals surface area contributed by atoms with Gasteiger partial charge in [-0.2, -0.15) is 5.10 Å². The Kier molecular flexibility index (Phi) is 6.88. The quantitative estimate of drug-likeness (QED) is 0.517. The number of likely N-dealkylation sites (N-methyl/N-ethyl adjacent to an activating group) is 1. The highest BCUT2D eigenvalue weighted by Crippen LogP contribution is 2.37. The summed E-state index contributed by atoms with van der Waals surface area (Å²) in [5.41, 5.74) is 3.73. The first kappa shape index (κ1) is 21.8. The number of benzene rings is 2. The van der Waals surface area contributed by atoms with E-state index in [1.807, 2.05) is 42.3 Å². The third-order valence-electron chi connectivity index (χ3n) is 6.14. The largest absolute Gasteiger partial charge is 0.381 e. The molecule has 0 unspecified atom stereocenters. The summed E-state index contributed by atoms with van der Waals surface area (Å²) >= 11 is 3.50. The number of aryl methyl sites for hydroxylation is 1. The Balaban J connectivity index is 1.39. The number of nitrogens with one attached hydrogen (secondary N) is 1. The van der Waals surface area contributed by atoms with E-state index in [2.05, 4.69) is 56.5 Å². The van der Waals surface area contributed by atoms with Gasteiger partial charge in [0.2, 0.25) is 5.91 Å². The second kappa shape index (κ2) is 9.79. The fourth-order valence-electron chi connectivity index (χ4n) is 4.33. The predicted octanol–water partition coefficient (Wildman–Crippen LogP) is 4.98. The first-order valence-corrected chi connectivity index (χ1v) is 11.6. The van der Waals surface area contributed by atoms with Crippen LogP contribution in [0.5, 0.6) is 0 Å². The van der Waals surface area contributed by atoms with Crippen molar-refractivity contribution in [2.45, 2.75) is 31.1 Å². The van der Waals surface area contributed by atoms with Crippen molar-refractivity contribution in [1.82, 2.24) is 15.1 Å². The lowest BCUT2D eigenvalue weighted by molar-refractivity contribution is -0.140. The molecule has 1 amide bonds. The van der Waals surface area contributed by atoms with Gasteiger partial charge in [0, 0.05) is 42.5 Å². The number of carbonyl (C=O) groups is 1. The number of H-pyrrole nitrogens is 1. The van der Waals surface area contributed by atoms with Crippen LogP contribution in [0.2, 0.25) is 0 Å². The first-order chi connectivity index (χ1) is 15.1. The summed E-state index contributed by atoms with van der Waals surface area (Å²) in [7, 11) is 1.92. The molecule has 31 heavy (non-hydrogen) atoms. The van der Waals surface area contributed by atoms with Gasteiger partial charge in [-0.1, -0.05) is 58.4 Å². The molecule has 1 aliphatic heterocycles. The highest BCUT2D eigenvalue weighted by atomic mass is 79.9. The zero-order chi connectivity index (χ0) is 21.7. The van der Waals surface area contributed by atoms with E-state index in [4.69, 9.17) is 4.74 Å². The highest BCUT2D eigenvalue weighted by molar-refractivity contribution is 9.10. The van der Waals surface area contributed by atoms with Gasteiger partial charge in [0.15, 0.2) is 0 Å². The van der Waals surface area contributed by atoms with Gasteiger partial charge in [-0.25, -0.2) is 0 Å². The van der Waals surface area contributed by atoms with Gasteiger partial charge >= 0.3 is 0 Å². The minimum absolute atomic E-state index is 0.188. The van der Waals surface area contributed by atoms with E-state index in [-0.39, 0.29) is 5.91 Å². The topological polar surface area (TPSA) is 58.2 Å². The lowest BCUT2D eigenvalue weighted by Crippen LogP contribution is -2.49.